The van der Waals surface area contributed by atoms with E-state index in [0.717, 1.165) is 18.5 Å². The number of anilines is 2. The molecule has 0 aromatic heterocycles. The fraction of sp³-hybridized carbons (Fsp3) is 0.632. The van der Waals surface area contributed by atoms with Crippen LogP contribution in [0.5, 0.6) is 0 Å². The first-order valence-electron chi connectivity index (χ1n) is 9.20. The highest BCUT2D eigenvalue weighted by Crippen LogP contribution is 2.26. The number of alkyl halides is 1. The van der Waals surface area contributed by atoms with Crippen molar-refractivity contribution < 1.29 is 19.0 Å². The fourth-order valence-corrected chi connectivity index (χ4v) is 2.93. The van der Waals surface area contributed by atoms with E-state index in [2.05, 4.69) is 10.6 Å². The van der Waals surface area contributed by atoms with Crippen molar-refractivity contribution in [2.24, 2.45) is 0 Å². The lowest BCUT2D eigenvalue weighted by atomic mass is 10.0. The lowest BCUT2D eigenvalue weighted by Gasteiger charge is -2.34. The van der Waals surface area contributed by atoms with Crippen molar-refractivity contribution in [2.45, 2.75) is 51.4 Å². The summed E-state index contributed by atoms with van der Waals surface area (Å²) in [5.41, 5.74) is 0.830. The van der Waals surface area contributed by atoms with Gasteiger partial charge in [0.05, 0.1) is 23.4 Å². The van der Waals surface area contributed by atoms with E-state index in [1.54, 1.807) is 11.0 Å². The molecule has 1 aliphatic heterocycles. The quantitative estimate of drug-likeness (QED) is 0.634. The highest BCUT2D eigenvalue weighted by Gasteiger charge is 2.27. The van der Waals surface area contributed by atoms with Gasteiger partial charge in [0.1, 0.15) is 11.4 Å². The Kier molecular flexibility index (Phi) is 7.56. The molecule has 0 bridgehead atoms. The van der Waals surface area contributed by atoms with Gasteiger partial charge in [0.15, 0.2) is 0 Å². The number of nitrogens with zero attached hydrogens (tertiary/aromatic N) is 1. The van der Waals surface area contributed by atoms with Crippen molar-refractivity contribution in [1.82, 2.24) is 4.90 Å². The molecule has 1 aromatic rings. The zero-order valence-electron chi connectivity index (χ0n) is 16.1. The van der Waals surface area contributed by atoms with Crippen LogP contribution in [0.1, 0.15) is 33.6 Å². The lowest BCUT2D eigenvalue weighted by molar-refractivity contribution is 0.0210. The van der Waals surface area contributed by atoms with Crippen LogP contribution >= 0.6 is 11.6 Å². The molecular weight excluding hydrogens is 373 g/mol. The molecule has 1 saturated heterocycles. The minimum absolute atomic E-state index is 0.105. The van der Waals surface area contributed by atoms with Gasteiger partial charge >= 0.3 is 6.09 Å². The van der Waals surface area contributed by atoms with E-state index in [9.17, 15) is 14.3 Å². The first-order valence-corrected chi connectivity index (χ1v) is 9.73. The number of carbonyl (C=O) groups excluding carboxylic acids is 1. The summed E-state index contributed by atoms with van der Waals surface area (Å²) in [5, 5.41) is 16.0. The monoisotopic (exact) mass is 401 g/mol. The average Bonchev–Trinajstić information content (AvgIpc) is 2.60. The van der Waals surface area contributed by atoms with Crippen molar-refractivity contribution in [3.05, 3.63) is 24.0 Å². The molecule has 3 N–H and O–H groups in total. The number of carbonyl (C=O) groups is 1. The van der Waals surface area contributed by atoms with E-state index in [4.69, 9.17) is 16.3 Å². The van der Waals surface area contributed by atoms with Crippen LogP contribution in [0, 0.1) is 5.82 Å². The summed E-state index contributed by atoms with van der Waals surface area (Å²) < 4.78 is 19.0. The van der Waals surface area contributed by atoms with Crippen molar-refractivity contribution in [3.63, 3.8) is 0 Å². The Labute approximate surface area is 165 Å². The molecule has 1 aliphatic rings. The number of halogens is 2. The number of hydrogen-bond donors (Lipinski definition) is 3. The molecule has 0 spiro atoms. The van der Waals surface area contributed by atoms with Crippen LogP contribution in [0.15, 0.2) is 18.2 Å². The zero-order chi connectivity index (χ0) is 20.0. The van der Waals surface area contributed by atoms with Crippen LogP contribution in [0.2, 0.25) is 0 Å². The van der Waals surface area contributed by atoms with Gasteiger partial charge in [0, 0.05) is 25.7 Å². The van der Waals surface area contributed by atoms with Gasteiger partial charge in [-0.1, -0.05) is 0 Å². The third kappa shape index (κ3) is 7.07. The SMILES string of the molecule is CC(C)(C)OC(=O)N1CCC(Nc2ccc(F)cc2NCC(O)CCl)CC1. The van der Waals surface area contributed by atoms with E-state index in [1.165, 1.54) is 12.1 Å². The number of nitrogens with one attached hydrogen (secondary N) is 2. The van der Waals surface area contributed by atoms with Gasteiger partial charge in [-0.2, -0.15) is 0 Å². The number of hydrogen-bond acceptors (Lipinski definition) is 5. The Balaban J connectivity index is 1.92. The lowest BCUT2D eigenvalue weighted by Crippen LogP contribution is -2.44. The minimum atomic E-state index is -0.708. The van der Waals surface area contributed by atoms with E-state index in [1.807, 2.05) is 20.8 Å². The van der Waals surface area contributed by atoms with Crippen LogP contribution < -0.4 is 10.6 Å². The second kappa shape index (κ2) is 9.46. The van der Waals surface area contributed by atoms with Crippen molar-refractivity contribution in [1.29, 1.82) is 0 Å². The normalized spacial score (nSPS) is 16.7. The topological polar surface area (TPSA) is 73.8 Å². The van der Waals surface area contributed by atoms with E-state index in [0.29, 0.717) is 18.8 Å². The van der Waals surface area contributed by atoms with Gasteiger partial charge in [-0.25, -0.2) is 9.18 Å². The maximum atomic E-state index is 13.6. The summed E-state index contributed by atoms with van der Waals surface area (Å²) in [6.07, 6.45) is 0.529. The molecule has 27 heavy (non-hydrogen) atoms. The van der Waals surface area contributed by atoms with Crippen molar-refractivity contribution in [2.75, 3.05) is 36.1 Å². The Morgan fingerprint density at radius 3 is 2.63 bits per heavy atom. The van der Waals surface area contributed by atoms with Gasteiger partial charge in [0.25, 0.3) is 0 Å². The number of piperidine rings is 1. The maximum Gasteiger partial charge on any atom is 0.410 e. The van der Waals surface area contributed by atoms with Crippen LogP contribution in [0.3, 0.4) is 0 Å². The molecule has 2 rings (SSSR count). The molecular formula is C19H29ClFN3O3. The summed E-state index contributed by atoms with van der Waals surface area (Å²) in [4.78, 5) is 13.9. The van der Waals surface area contributed by atoms with Crippen molar-refractivity contribution in [3.8, 4) is 0 Å². The first kappa shape index (κ1) is 21.6. The third-order valence-electron chi connectivity index (χ3n) is 4.19. The number of amides is 1. The molecule has 1 heterocycles. The fourth-order valence-electron chi connectivity index (χ4n) is 2.82. The van der Waals surface area contributed by atoms with Crippen LogP contribution in [0.25, 0.3) is 0 Å². The molecule has 0 radical (unpaired) electrons. The Bertz CT molecular complexity index is 631. The Hall–Kier alpha value is -1.73. The van der Waals surface area contributed by atoms with Gasteiger partial charge in [-0.05, 0) is 51.8 Å². The van der Waals surface area contributed by atoms with E-state index >= 15 is 0 Å². The summed E-state index contributed by atoms with van der Waals surface area (Å²) in [6.45, 7) is 6.98. The molecule has 6 nitrogen and oxygen atoms in total. The van der Waals surface area contributed by atoms with Gasteiger partial charge in [0.2, 0.25) is 0 Å². The van der Waals surface area contributed by atoms with Gasteiger partial charge in [-0.15, -0.1) is 11.6 Å². The Morgan fingerprint density at radius 1 is 1.37 bits per heavy atom. The molecule has 8 heteroatoms. The number of ether oxygens (including phenoxy) is 1. The molecule has 1 unspecified atom stereocenters. The molecule has 1 amide bonds. The molecule has 1 aromatic carbocycles. The second-order valence-corrected chi connectivity index (χ2v) is 8.07. The maximum absolute atomic E-state index is 13.6. The summed E-state index contributed by atoms with van der Waals surface area (Å²) >= 11 is 5.60. The number of likely N-dealkylation sites (tertiary alicyclic amines) is 1. The predicted octanol–water partition coefficient (Wildman–Crippen LogP) is 3.65. The summed E-state index contributed by atoms with van der Waals surface area (Å²) in [7, 11) is 0. The first-order chi connectivity index (χ1) is 12.7. The average molecular weight is 402 g/mol. The van der Waals surface area contributed by atoms with Crippen molar-refractivity contribution >= 4 is 29.1 Å². The number of benzene rings is 1. The van der Waals surface area contributed by atoms with Crippen LogP contribution in [0.4, 0.5) is 20.6 Å². The number of aliphatic hydroxyl groups excluding tert-OH is 1. The molecule has 1 atom stereocenters. The van der Waals surface area contributed by atoms with E-state index < -0.39 is 11.7 Å². The summed E-state index contributed by atoms with van der Waals surface area (Å²) in [6, 6.07) is 4.61. The zero-order valence-corrected chi connectivity index (χ0v) is 16.9. The minimum Gasteiger partial charge on any atom is -0.444 e. The third-order valence-corrected chi connectivity index (χ3v) is 4.55. The largest absolute Gasteiger partial charge is 0.444 e. The van der Waals surface area contributed by atoms with Crippen LogP contribution in [-0.4, -0.2) is 59.4 Å². The molecule has 0 aliphatic carbocycles. The number of rotatable bonds is 6. The Morgan fingerprint density at radius 2 is 2.04 bits per heavy atom. The summed E-state index contributed by atoms with van der Waals surface area (Å²) in [5.74, 6) is -0.253. The smallest absolute Gasteiger partial charge is 0.410 e. The van der Waals surface area contributed by atoms with E-state index in [-0.39, 0.29) is 30.4 Å². The standard InChI is InChI=1S/C19H29ClFN3O3/c1-19(2,3)27-18(26)24-8-6-14(7-9-24)23-16-5-4-13(21)10-17(16)22-12-15(25)11-20/h4-5,10,14-15,22-23,25H,6-9,11-12H2,1-3H3. The molecule has 1 fully saturated rings. The highest BCUT2D eigenvalue weighted by atomic mass is 35.5. The number of aliphatic hydroxyl groups is 1. The highest BCUT2D eigenvalue weighted by molar-refractivity contribution is 6.18. The second-order valence-electron chi connectivity index (χ2n) is 7.76. The van der Waals surface area contributed by atoms with Crippen LogP contribution in [-0.2, 0) is 4.74 Å². The molecule has 0 saturated carbocycles. The van der Waals surface area contributed by atoms with Gasteiger partial charge < -0.3 is 25.4 Å². The van der Waals surface area contributed by atoms with Gasteiger partial charge in [-0.3, -0.25) is 0 Å². The predicted molar refractivity (Wildman–Crippen MR) is 106 cm³/mol. The molecule has 152 valence electrons.